The minimum atomic E-state index is -0.398. The van der Waals surface area contributed by atoms with E-state index in [1.807, 2.05) is 35.8 Å². The Hall–Kier alpha value is -2.21. The van der Waals surface area contributed by atoms with E-state index >= 15 is 0 Å². The van der Waals surface area contributed by atoms with Crippen LogP contribution in [0.15, 0.2) is 29.5 Å². The Morgan fingerprint density at radius 3 is 2.86 bits per heavy atom. The lowest BCUT2D eigenvalue weighted by Crippen LogP contribution is -2.37. The lowest BCUT2D eigenvalue weighted by atomic mass is 9.90. The molecule has 22 heavy (non-hydrogen) atoms. The van der Waals surface area contributed by atoms with E-state index in [2.05, 4.69) is 24.0 Å². The van der Waals surface area contributed by atoms with Crippen molar-refractivity contribution >= 4 is 17.1 Å². The molecule has 1 aliphatic heterocycles. The molecule has 0 radical (unpaired) electrons. The zero-order chi connectivity index (χ0) is 15.9. The molecule has 0 saturated heterocycles. The third-order valence-corrected chi connectivity index (χ3v) is 3.97. The van der Waals surface area contributed by atoms with Crippen LogP contribution in [-0.2, 0) is 4.79 Å². The van der Waals surface area contributed by atoms with Crippen LogP contribution >= 0.6 is 0 Å². The van der Waals surface area contributed by atoms with E-state index in [1.54, 1.807) is 0 Å². The Labute approximate surface area is 129 Å². The van der Waals surface area contributed by atoms with Crippen molar-refractivity contribution in [3.8, 4) is 0 Å². The topological polar surface area (TPSA) is 70.2 Å². The number of carbonyl (C=O) groups excluding carboxylic acids is 1. The van der Waals surface area contributed by atoms with Gasteiger partial charge in [-0.25, -0.2) is 9.52 Å². The highest BCUT2D eigenvalue weighted by Crippen LogP contribution is 2.29. The maximum atomic E-state index is 11.9. The zero-order valence-corrected chi connectivity index (χ0v) is 13.0. The van der Waals surface area contributed by atoms with Crippen molar-refractivity contribution in [3.63, 3.8) is 0 Å². The number of hydrazone groups is 1. The first-order valence-corrected chi connectivity index (χ1v) is 7.50. The van der Waals surface area contributed by atoms with E-state index in [4.69, 9.17) is 0 Å². The molecule has 3 rings (SSSR count). The molecule has 6 heteroatoms. The van der Waals surface area contributed by atoms with Crippen LogP contribution in [0.4, 0.5) is 0 Å². The van der Waals surface area contributed by atoms with Gasteiger partial charge in [-0.1, -0.05) is 26.8 Å². The van der Waals surface area contributed by atoms with Crippen molar-refractivity contribution in [1.29, 1.82) is 0 Å². The largest absolute Gasteiger partial charge is 0.374 e. The van der Waals surface area contributed by atoms with Crippen molar-refractivity contribution in [2.45, 2.75) is 33.1 Å². The SMILES string of the molecule is CC1CC(=O)N(CO)N=C1c1c(C(C)C)nn2ccccc12. The second kappa shape index (κ2) is 5.53. The Kier molecular flexibility index (Phi) is 3.70. The molecule has 0 aliphatic carbocycles. The van der Waals surface area contributed by atoms with E-state index < -0.39 is 6.73 Å². The number of hydrogen-bond donors (Lipinski definition) is 1. The molecule has 3 heterocycles. The van der Waals surface area contributed by atoms with E-state index in [1.165, 1.54) is 0 Å². The number of pyridine rings is 1. The molecule has 1 N–H and O–H groups in total. The lowest BCUT2D eigenvalue weighted by Gasteiger charge is -2.26. The number of nitrogens with zero attached hydrogens (tertiary/aromatic N) is 4. The number of aliphatic hydroxyl groups is 1. The number of amides is 1. The van der Waals surface area contributed by atoms with Crippen molar-refractivity contribution in [3.05, 3.63) is 35.7 Å². The van der Waals surface area contributed by atoms with Crippen molar-refractivity contribution < 1.29 is 9.90 Å². The first-order valence-electron chi connectivity index (χ1n) is 7.50. The molecule has 1 amide bonds. The second-order valence-electron chi connectivity index (χ2n) is 5.97. The van der Waals surface area contributed by atoms with Crippen molar-refractivity contribution in [1.82, 2.24) is 14.6 Å². The predicted octanol–water partition coefficient (Wildman–Crippen LogP) is 1.98. The van der Waals surface area contributed by atoms with Crippen LogP contribution in [0.1, 0.15) is 44.4 Å². The minimum absolute atomic E-state index is 0.000932. The second-order valence-corrected chi connectivity index (χ2v) is 5.97. The van der Waals surface area contributed by atoms with E-state index in [9.17, 15) is 9.90 Å². The van der Waals surface area contributed by atoms with Crippen LogP contribution in [0.25, 0.3) is 5.52 Å². The minimum Gasteiger partial charge on any atom is -0.374 e. The fraction of sp³-hybridized carbons (Fsp3) is 0.438. The summed E-state index contributed by atoms with van der Waals surface area (Å²) >= 11 is 0. The summed E-state index contributed by atoms with van der Waals surface area (Å²) < 4.78 is 1.85. The molecule has 0 saturated carbocycles. The molecule has 2 aromatic rings. The lowest BCUT2D eigenvalue weighted by molar-refractivity contribution is -0.136. The first-order chi connectivity index (χ1) is 10.5. The third kappa shape index (κ3) is 2.29. The summed E-state index contributed by atoms with van der Waals surface area (Å²) in [6.45, 7) is 5.77. The molecule has 116 valence electrons. The monoisotopic (exact) mass is 300 g/mol. The Balaban J connectivity index is 2.24. The summed E-state index contributed by atoms with van der Waals surface area (Å²) in [6, 6.07) is 5.90. The van der Waals surface area contributed by atoms with E-state index in [0.29, 0.717) is 6.42 Å². The predicted molar refractivity (Wildman–Crippen MR) is 83.5 cm³/mol. The van der Waals surface area contributed by atoms with Gasteiger partial charge in [0.05, 0.1) is 16.9 Å². The fourth-order valence-electron chi connectivity index (χ4n) is 2.84. The molecule has 0 fully saturated rings. The van der Waals surface area contributed by atoms with Crippen LogP contribution in [0, 0.1) is 5.92 Å². The molecule has 0 spiro atoms. The Bertz CT molecular complexity index is 748. The van der Waals surface area contributed by atoms with Crippen LogP contribution < -0.4 is 0 Å². The molecule has 1 aliphatic rings. The van der Waals surface area contributed by atoms with Gasteiger partial charge < -0.3 is 5.11 Å². The number of rotatable bonds is 3. The van der Waals surface area contributed by atoms with Crippen LogP contribution in [-0.4, -0.2) is 38.1 Å². The Morgan fingerprint density at radius 1 is 1.41 bits per heavy atom. The molecule has 6 nitrogen and oxygen atoms in total. The van der Waals surface area contributed by atoms with Crippen molar-refractivity contribution in [2.75, 3.05) is 6.73 Å². The normalized spacial score (nSPS) is 19.1. The maximum Gasteiger partial charge on any atom is 0.245 e. The zero-order valence-electron chi connectivity index (χ0n) is 13.0. The summed E-state index contributed by atoms with van der Waals surface area (Å²) in [5.74, 6) is 0.0901. The van der Waals surface area contributed by atoms with Gasteiger partial charge in [-0.2, -0.15) is 10.2 Å². The number of aliphatic hydroxyl groups excluding tert-OH is 1. The summed E-state index contributed by atoms with van der Waals surface area (Å²) in [6.07, 6.45) is 2.26. The number of carbonyl (C=O) groups is 1. The summed E-state index contributed by atoms with van der Waals surface area (Å²) in [5.41, 5.74) is 3.74. The summed E-state index contributed by atoms with van der Waals surface area (Å²) in [4.78, 5) is 11.9. The van der Waals surface area contributed by atoms with Gasteiger partial charge in [-0.15, -0.1) is 0 Å². The van der Waals surface area contributed by atoms with Gasteiger partial charge in [0.2, 0.25) is 5.91 Å². The number of aromatic nitrogens is 2. The molecule has 1 unspecified atom stereocenters. The Morgan fingerprint density at radius 2 is 2.18 bits per heavy atom. The summed E-state index contributed by atoms with van der Waals surface area (Å²) in [5, 5.41) is 19.5. The summed E-state index contributed by atoms with van der Waals surface area (Å²) in [7, 11) is 0. The van der Waals surface area contributed by atoms with E-state index in [-0.39, 0.29) is 17.7 Å². The number of hydrogen-bond acceptors (Lipinski definition) is 4. The van der Waals surface area contributed by atoms with E-state index in [0.717, 1.165) is 27.5 Å². The van der Waals surface area contributed by atoms with Gasteiger partial charge >= 0.3 is 0 Å². The van der Waals surface area contributed by atoms with Crippen LogP contribution in [0.2, 0.25) is 0 Å². The average molecular weight is 300 g/mol. The van der Waals surface area contributed by atoms with Crippen LogP contribution in [0.5, 0.6) is 0 Å². The molecule has 0 aromatic carbocycles. The first kappa shape index (κ1) is 14.7. The van der Waals surface area contributed by atoms with Gasteiger partial charge in [0.25, 0.3) is 0 Å². The number of fused-ring (bicyclic) bond motifs is 1. The molecule has 2 aromatic heterocycles. The standard InChI is InChI=1S/C16H20N4O2/c1-10(2)15-14(12-6-4-5-7-19(12)17-15)16-11(3)8-13(22)20(9-21)18-16/h4-7,10-11,21H,8-9H2,1-3H3. The molecular weight excluding hydrogens is 280 g/mol. The van der Waals surface area contributed by atoms with Gasteiger partial charge in [-0.05, 0) is 18.1 Å². The highest BCUT2D eigenvalue weighted by atomic mass is 16.3. The van der Waals surface area contributed by atoms with Gasteiger partial charge in [0, 0.05) is 24.1 Å². The van der Waals surface area contributed by atoms with Gasteiger partial charge in [-0.3, -0.25) is 4.79 Å². The average Bonchev–Trinajstić information content (AvgIpc) is 2.87. The molecular formula is C16H20N4O2. The highest BCUT2D eigenvalue weighted by Gasteiger charge is 2.31. The smallest absolute Gasteiger partial charge is 0.245 e. The fourth-order valence-corrected chi connectivity index (χ4v) is 2.84. The third-order valence-electron chi connectivity index (χ3n) is 3.97. The van der Waals surface area contributed by atoms with Gasteiger partial charge in [0.1, 0.15) is 6.73 Å². The van der Waals surface area contributed by atoms with Gasteiger partial charge in [0.15, 0.2) is 0 Å². The van der Waals surface area contributed by atoms with Crippen molar-refractivity contribution in [2.24, 2.45) is 11.0 Å². The molecule has 0 bridgehead atoms. The van der Waals surface area contributed by atoms with Crippen LogP contribution in [0.3, 0.4) is 0 Å². The maximum absolute atomic E-state index is 11.9. The highest BCUT2D eigenvalue weighted by molar-refractivity contribution is 6.11. The quantitative estimate of drug-likeness (QED) is 0.942. The molecule has 1 atom stereocenters.